The topological polar surface area (TPSA) is 111 Å². The van der Waals surface area contributed by atoms with Gasteiger partial charge in [-0.2, -0.15) is 0 Å². The molecule has 4 rings (SSSR count). The van der Waals surface area contributed by atoms with E-state index in [0.717, 1.165) is 0 Å². The summed E-state index contributed by atoms with van der Waals surface area (Å²) in [5.74, 6) is -5.03. The lowest BCUT2D eigenvalue weighted by Crippen LogP contribution is -2.63. The zero-order valence-electron chi connectivity index (χ0n) is 20.7. The average Bonchev–Trinajstić information content (AvgIpc) is 3.27. The van der Waals surface area contributed by atoms with E-state index >= 15 is 0 Å². The van der Waals surface area contributed by atoms with Gasteiger partial charge in [0.25, 0.3) is 0 Å². The molecule has 9 nitrogen and oxygen atoms in total. The number of likely N-dealkylation sites (tertiary alicyclic amines) is 1. The second-order valence-electron chi connectivity index (χ2n) is 9.79. The third-order valence-corrected chi connectivity index (χ3v) is 8.57. The van der Waals surface area contributed by atoms with E-state index < -0.39 is 53.6 Å². The largest absolute Gasteiger partial charge is 0.512 e. The quantitative estimate of drug-likeness (QED) is 0.399. The molecule has 0 aliphatic carbocycles. The molecule has 2 N–H and O–H groups in total. The number of rotatable bonds is 7. The van der Waals surface area contributed by atoms with Crippen LogP contribution in [-0.2, 0) is 20.9 Å². The first-order valence-electron chi connectivity index (χ1n) is 11.7. The number of aliphatic hydroxyl groups is 1. The van der Waals surface area contributed by atoms with Gasteiger partial charge in [-0.05, 0) is 13.3 Å². The van der Waals surface area contributed by atoms with E-state index in [2.05, 4.69) is 0 Å². The molecule has 0 aromatic heterocycles. The second-order valence-corrected chi connectivity index (χ2v) is 11.1. The Morgan fingerprint density at radius 2 is 1.86 bits per heavy atom. The van der Waals surface area contributed by atoms with Gasteiger partial charge in [0.15, 0.2) is 0 Å². The minimum absolute atomic E-state index is 0.110. The van der Waals surface area contributed by atoms with Gasteiger partial charge in [-0.15, -0.1) is 11.8 Å². The zero-order valence-corrected chi connectivity index (χ0v) is 21.5. The number of carbonyl (C=O) groups is 3. The van der Waals surface area contributed by atoms with Gasteiger partial charge in [0.1, 0.15) is 17.5 Å². The predicted molar refractivity (Wildman–Crippen MR) is 126 cm³/mol. The lowest BCUT2D eigenvalue weighted by molar-refractivity contribution is -0.163. The molecule has 6 atom stereocenters. The van der Waals surface area contributed by atoms with E-state index in [9.17, 15) is 37.8 Å². The molecule has 0 spiro atoms. The van der Waals surface area contributed by atoms with E-state index in [0.29, 0.717) is 17.0 Å². The molecular formula is C24H28F3N3O6S. The first kappa shape index (κ1) is 27.3. The molecule has 2 saturated heterocycles. The van der Waals surface area contributed by atoms with Gasteiger partial charge in [0, 0.05) is 56.0 Å². The average molecular weight is 544 g/mol. The lowest BCUT2D eigenvalue weighted by atomic mass is 9.79. The normalized spacial score (nSPS) is 28.3. The Kier molecular flexibility index (Phi) is 7.50. The molecule has 37 heavy (non-hydrogen) atoms. The second kappa shape index (κ2) is 10.2. The number of thioether (sulfide) groups is 1. The smallest absolute Gasteiger partial charge is 0.449 e. The van der Waals surface area contributed by atoms with E-state index in [4.69, 9.17) is 4.74 Å². The molecule has 0 bridgehead atoms. The molecule has 1 aromatic rings. The fraction of sp³-hybridized carbons (Fsp3) is 0.542. The summed E-state index contributed by atoms with van der Waals surface area (Å²) in [4.78, 5) is 41.7. The van der Waals surface area contributed by atoms with Gasteiger partial charge >= 0.3 is 6.16 Å². The van der Waals surface area contributed by atoms with Crippen LogP contribution in [0.1, 0.15) is 25.8 Å². The zero-order chi connectivity index (χ0) is 27.3. The fourth-order valence-corrected chi connectivity index (χ4v) is 6.88. The SMILES string of the molecule is C[C@H]1C(S[C@H]2C[C@@H](C(=O)N(C)C)N(Cc3c(F)cc(F)cc3F)C2)=C(OC(=O)O)N2C(=O)[C@H]([C@@H](C)O)C12. The fourth-order valence-electron chi connectivity index (χ4n) is 5.38. The third kappa shape index (κ3) is 4.91. The number of carbonyl (C=O) groups excluding carboxylic acids is 2. The van der Waals surface area contributed by atoms with Crippen LogP contribution in [0, 0.1) is 29.3 Å². The maximum Gasteiger partial charge on any atom is 0.512 e. The summed E-state index contributed by atoms with van der Waals surface area (Å²) in [6.07, 6.45) is -2.25. The molecule has 0 saturated carbocycles. The number of likely N-dealkylation sites (N-methyl/N-ethyl adjacent to an activating group) is 1. The van der Waals surface area contributed by atoms with Crippen molar-refractivity contribution in [3.63, 3.8) is 0 Å². The van der Waals surface area contributed by atoms with Crippen LogP contribution in [0.15, 0.2) is 22.9 Å². The first-order valence-corrected chi connectivity index (χ1v) is 12.6. The van der Waals surface area contributed by atoms with Gasteiger partial charge in [-0.25, -0.2) is 18.0 Å². The summed E-state index contributed by atoms with van der Waals surface area (Å²) in [5, 5.41) is 19.0. The number of aliphatic hydroxyl groups excluding tert-OH is 1. The molecule has 3 aliphatic rings. The molecule has 1 aromatic carbocycles. The highest BCUT2D eigenvalue weighted by Crippen LogP contribution is 2.52. The summed E-state index contributed by atoms with van der Waals surface area (Å²) in [6.45, 7) is 3.23. The number of carboxylic acid groups (broad SMARTS) is 1. The van der Waals surface area contributed by atoms with Gasteiger partial charge in [0.2, 0.25) is 17.7 Å². The molecule has 1 unspecified atom stereocenters. The Labute approximate surface area is 215 Å². The van der Waals surface area contributed by atoms with Crippen LogP contribution in [0.3, 0.4) is 0 Å². The number of ether oxygens (including phenoxy) is 1. The van der Waals surface area contributed by atoms with Crippen LogP contribution in [0.25, 0.3) is 0 Å². The van der Waals surface area contributed by atoms with Crippen LogP contribution in [0.5, 0.6) is 0 Å². The third-order valence-electron chi connectivity index (χ3n) is 7.10. The molecular weight excluding hydrogens is 515 g/mol. The molecule has 3 heterocycles. The van der Waals surface area contributed by atoms with Crippen LogP contribution < -0.4 is 0 Å². The van der Waals surface area contributed by atoms with Crippen LogP contribution in [0.4, 0.5) is 18.0 Å². The van der Waals surface area contributed by atoms with Gasteiger partial charge in [-0.3, -0.25) is 19.4 Å². The van der Waals surface area contributed by atoms with Crippen LogP contribution in [-0.4, -0.2) is 87.0 Å². The number of benzene rings is 1. The van der Waals surface area contributed by atoms with Crippen molar-refractivity contribution in [1.82, 2.24) is 14.7 Å². The first-order chi connectivity index (χ1) is 17.3. The minimum Gasteiger partial charge on any atom is -0.449 e. The minimum atomic E-state index is -1.59. The molecule has 0 radical (unpaired) electrons. The van der Waals surface area contributed by atoms with Gasteiger partial charge in [-0.1, -0.05) is 6.92 Å². The van der Waals surface area contributed by atoms with Crippen molar-refractivity contribution >= 4 is 29.7 Å². The molecule has 3 aliphatic heterocycles. The van der Waals surface area contributed by atoms with Crippen molar-refractivity contribution in [3.8, 4) is 0 Å². The number of hydrogen-bond acceptors (Lipinski definition) is 7. The van der Waals surface area contributed by atoms with Crippen molar-refractivity contribution in [2.75, 3.05) is 20.6 Å². The summed E-state index contributed by atoms with van der Waals surface area (Å²) in [7, 11) is 3.13. The Hall–Kier alpha value is -2.77. The predicted octanol–water partition coefficient (Wildman–Crippen LogP) is 2.59. The maximum absolute atomic E-state index is 14.4. The number of amides is 2. The van der Waals surface area contributed by atoms with E-state index in [1.165, 1.54) is 28.5 Å². The number of hydrogen-bond donors (Lipinski definition) is 2. The molecule has 13 heteroatoms. The molecule has 202 valence electrons. The van der Waals surface area contributed by atoms with E-state index in [1.54, 1.807) is 25.9 Å². The number of nitrogens with zero attached hydrogens (tertiary/aromatic N) is 3. The summed E-state index contributed by atoms with van der Waals surface area (Å²) in [5.41, 5.74) is -0.360. The van der Waals surface area contributed by atoms with Crippen molar-refractivity contribution in [2.24, 2.45) is 11.8 Å². The van der Waals surface area contributed by atoms with E-state index in [-0.39, 0.29) is 48.0 Å². The molecule has 2 fully saturated rings. The standard InChI is InChI=1S/C24H28F3N3O6S/c1-10-19-18(11(2)31)22(33)30(19)23(36-24(34)35)20(10)37-13-7-17(21(32)28(3)4)29(8-13)9-14-15(26)5-12(25)6-16(14)27/h5-6,10-11,13,17-19,31H,7-9H2,1-4H3,(H,34,35)/t10-,11-,13+,17+,18-,19?/m1/s1. The van der Waals surface area contributed by atoms with Crippen molar-refractivity contribution in [2.45, 2.75) is 50.3 Å². The van der Waals surface area contributed by atoms with E-state index in [1.807, 2.05) is 0 Å². The van der Waals surface area contributed by atoms with Gasteiger partial charge in [0.05, 0.1) is 29.0 Å². The van der Waals surface area contributed by atoms with Gasteiger partial charge < -0.3 is 19.8 Å². The highest BCUT2D eigenvalue weighted by Gasteiger charge is 2.60. The lowest BCUT2D eigenvalue weighted by Gasteiger charge is -2.45. The summed E-state index contributed by atoms with van der Waals surface area (Å²) < 4.78 is 47.2. The number of halogens is 3. The maximum atomic E-state index is 14.4. The number of fused-ring (bicyclic) bond motifs is 1. The Morgan fingerprint density at radius 3 is 2.41 bits per heavy atom. The van der Waals surface area contributed by atoms with Crippen molar-refractivity contribution < 1.29 is 42.5 Å². The highest BCUT2D eigenvalue weighted by molar-refractivity contribution is 8.03. The van der Waals surface area contributed by atoms with Crippen molar-refractivity contribution in [3.05, 3.63) is 45.9 Å². The Bertz CT molecular complexity index is 1140. The monoisotopic (exact) mass is 543 g/mol. The summed E-state index contributed by atoms with van der Waals surface area (Å²) in [6, 6.07) is -0.0296. The Morgan fingerprint density at radius 1 is 1.24 bits per heavy atom. The van der Waals surface area contributed by atoms with Crippen LogP contribution in [0.2, 0.25) is 0 Å². The summed E-state index contributed by atoms with van der Waals surface area (Å²) >= 11 is 1.25. The van der Waals surface area contributed by atoms with Crippen molar-refractivity contribution in [1.29, 1.82) is 0 Å². The Balaban J connectivity index is 1.61. The van der Waals surface area contributed by atoms with Crippen LogP contribution >= 0.6 is 11.8 Å². The highest BCUT2D eigenvalue weighted by atomic mass is 32.2. The molecule has 2 amide bonds. The number of β-lactam (4-membered cyclic amide) rings is 1.